The van der Waals surface area contributed by atoms with E-state index in [0.29, 0.717) is 17.4 Å². The lowest BCUT2D eigenvalue weighted by Crippen LogP contribution is -2.30. The van der Waals surface area contributed by atoms with Crippen LogP contribution in [0.3, 0.4) is 0 Å². The van der Waals surface area contributed by atoms with Gasteiger partial charge in [0.2, 0.25) is 0 Å². The first-order valence-corrected chi connectivity index (χ1v) is 5.89. The fourth-order valence-corrected chi connectivity index (χ4v) is 1.41. The molecule has 1 amide bonds. The van der Waals surface area contributed by atoms with Gasteiger partial charge in [-0.3, -0.25) is 4.79 Å². The molecule has 100 valence electrons. The molecule has 7 nitrogen and oxygen atoms in total. The fraction of sp³-hybridized carbons (Fsp3) is 0.333. The normalized spacial score (nSPS) is 10.5. The molecule has 0 bridgehead atoms. The number of nitrogens with one attached hydrogen (secondary N) is 2. The molecule has 0 unspecified atom stereocenters. The minimum absolute atomic E-state index is 0.0604. The molecule has 2 aromatic rings. The summed E-state index contributed by atoms with van der Waals surface area (Å²) in [4.78, 5) is 11.7. The highest BCUT2D eigenvalue weighted by Crippen LogP contribution is 2.13. The summed E-state index contributed by atoms with van der Waals surface area (Å²) in [7, 11) is 0. The summed E-state index contributed by atoms with van der Waals surface area (Å²) < 4.78 is 4.92. The van der Waals surface area contributed by atoms with Crippen LogP contribution in [0.25, 0.3) is 0 Å². The van der Waals surface area contributed by atoms with E-state index in [9.17, 15) is 4.79 Å². The topological polar surface area (TPSA) is 92.9 Å². The van der Waals surface area contributed by atoms with Crippen LogP contribution in [0.4, 0.5) is 11.6 Å². The molecule has 0 aromatic carbocycles. The Morgan fingerprint density at radius 2 is 2.05 bits per heavy atom. The Balaban J connectivity index is 2.04. The summed E-state index contributed by atoms with van der Waals surface area (Å²) in [6.07, 6.45) is 0. The van der Waals surface area contributed by atoms with Crippen molar-refractivity contribution in [3.8, 4) is 0 Å². The first kappa shape index (κ1) is 13.0. The summed E-state index contributed by atoms with van der Waals surface area (Å²) in [5.41, 5.74) is 0.274. The van der Waals surface area contributed by atoms with E-state index < -0.39 is 0 Å². The lowest BCUT2D eigenvalue weighted by molar-refractivity contribution is 0.0937. The molecule has 2 rings (SSSR count). The maximum absolute atomic E-state index is 11.7. The Bertz CT molecular complexity index is 562. The van der Waals surface area contributed by atoms with Crippen molar-refractivity contribution in [2.45, 2.75) is 26.8 Å². The molecule has 0 spiro atoms. The van der Waals surface area contributed by atoms with Crippen LogP contribution >= 0.6 is 0 Å². The number of nitrogens with zero attached hydrogens (tertiary/aromatic N) is 3. The highest BCUT2D eigenvalue weighted by molar-refractivity contribution is 5.92. The van der Waals surface area contributed by atoms with Gasteiger partial charge in [0.25, 0.3) is 5.91 Å². The first-order chi connectivity index (χ1) is 9.04. The van der Waals surface area contributed by atoms with Gasteiger partial charge >= 0.3 is 0 Å². The highest BCUT2D eigenvalue weighted by Gasteiger charge is 2.09. The third-order valence-corrected chi connectivity index (χ3v) is 2.20. The Labute approximate surface area is 110 Å². The van der Waals surface area contributed by atoms with E-state index in [-0.39, 0.29) is 17.6 Å². The van der Waals surface area contributed by atoms with Crippen LogP contribution in [0, 0.1) is 6.92 Å². The maximum atomic E-state index is 11.7. The van der Waals surface area contributed by atoms with Gasteiger partial charge in [-0.15, -0.1) is 10.2 Å². The van der Waals surface area contributed by atoms with E-state index in [1.807, 2.05) is 13.8 Å². The van der Waals surface area contributed by atoms with Crippen LogP contribution in [0.1, 0.15) is 30.1 Å². The van der Waals surface area contributed by atoms with Gasteiger partial charge < -0.3 is 15.2 Å². The minimum Gasteiger partial charge on any atom is -0.360 e. The molecule has 2 heterocycles. The van der Waals surface area contributed by atoms with Gasteiger partial charge in [0.05, 0.1) is 0 Å². The number of aromatic nitrogens is 3. The van der Waals surface area contributed by atoms with Crippen LogP contribution in [-0.2, 0) is 0 Å². The van der Waals surface area contributed by atoms with E-state index in [0.717, 1.165) is 0 Å². The van der Waals surface area contributed by atoms with Crippen LogP contribution in [-0.4, -0.2) is 27.3 Å². The quantitative estimate of drug-likeness (QED) is 0.869. The smallest absolute Gasteiger partial charge is 0.271 e. The largest absolute Gasteiger partial charge is 0.360 e. The van der Waals surface area contributed by atoms with Crippen LogP contribution < -0.4 is 10.6 Å². The van der Waals surface area contributed by atoms with Crippen molar-refractivity contribution in [3.63, 3.8) is 0 Å². The number of carbonyl (C=O) groups excluding carboxylic acids is 1. The van der Waals surface area contributed by atoms with Crippen molar-refractivity contribution in [2.24, 2.45) is 0 Å². The average molecular weight is 261 g/mol. The van der Waals surface area contributed by atoms with Crippen molar-refractivity contribution in [2.75, 3.05) is 5.32 Å². The van der Waals surface area contributed by atoms with Gasteiger partial charge in [-0.2, -0.15) is 0 Å². The van der Waals surface area contributed by atoms with Gasteiger partial charge in [0, 0.05) is 12.1 Å². The molecule has 0 saturated carbocycles. The van der Waals surface area contributed by atoms with Crippen molar-refractivity contribution in [1.29, 1.82) is 0 Å². The second-order valence-corrected chi connectivity index (χ2v) is 4.38. The summed E-state index contributed by atoms with van der Waals surface area (Å²) >= 11 is 0. The Hall–Kier alpha value is -2.44. The Morgan fingerprint density at radius 3 is 2.58 bits per heavy atom. The number of amides is 1. The second-order valence-electron chi connectivity index (χ2n) is 4.38. The molecule has 2 N–H and O–H groups in total. The monoisotopic (exact) mass is 261 g/mol. The summed E-state index contributed by atoms with van der Waals surface area (Å²) in [5.74, 6) is 1.50. The van der Waals surface area contributed by atoms with E-state index in [4.69, 9.17) is 4.52 Å². The summed E-state index contributed by atoms with van der Waals surface area (Å²) in [6, 6.07) is 5.05. The molecule has 0 aliphatic rings. The third-order valence-electron chi connectivity index (χ3n) is 2.20. The highest BCUT2D eigenvalue weighted by atomic mass is 16.5. The second kappa shape index (κ2) is 5.47. The molecule has 2 aromatic heterocycles. The summed E-state index contributed by atoms with van der Waals surface area (Å²) in [5, 5.41) is 17.2. The van der Waals surface area contributed by atoms with Gasteiger partial charge in [0.1, 0.15) is 5.76 Å². The Morgan fingerprint density at radius 1 is 1.26 bits per heavy atom. The van der Waals surface area contributed by atoms with Gasteiger partial charge in [-0.25, -0.2) is 0 Å². The zero-order valence-electron chi connectivity index (χ0n) is 11.0. The molecule has 0 radical (unpaired) electrons. The molecule has 0 saturated heterocycles. The van der Waals surface area contributed by atoms with Crippen molar-refractivity contribution in [3.05, 3.63) is 29.7 Å². The molecule has 0 aliphatic carbocycles. The van der Waals surface area contributed by atoms with E-state index >= 15 is 0 Å². The van der Waals surface area contributed by atoms with Gasteiger partial charge in [0.15, 0.2) is 17.3 Å². The van der Waals surface area contributed by atoms with E-state index in [2.05, 4.69) is 26.0 Å². The number of rotatable bonds is 4. The average Bonchev–Trinajstić information content (AvgIpc) is 2.75. The fourth-order valence-electron chi connectivity index (χ4n) is 1.41. The molecule has 0 atom stereocenters. The summed E-state index contributed by atoms with van der Waals surface area (Å²) in [6.45, 7) is 5.56. The van der Waals surface area contributed by atoms with E-state index in [1.54, 1.807) is 25.1 Å². The van der Waals surface area contributed by atoms with Gasteiger partial charge in [-0.05, 0) is 32.9 Å². The third kappa shape index (κ3) is 3.51. The van der Waals surface area contributed by atoms with Crippen molar-refractivity contribution in [1.82, 2.24) is 20.7 Å². The lowest BCUT2D eigenvalue weighted by atomic mass is 10.3. The lowest BCUT2D eigenvalue weighted by Gasteiger charge is -2.07. The zero-order chi connectivity index (χ0) is 13.8. The number of aryl methyl sites for hydroxylation is 1. The first-order valence-electron chi connectivity index (χ1n) is 5.89. The molecule has 0 aliphatic heterocycles. The number of hydrogen-bond acceptors (Lipinski definition) is 6. The maximum Gasteiger partial charge on any atom is 0.271 e. The minimum atomic E-state index is -0.244. The number of anilines is 2. The van der Waals surface area contributed by atoms with E-state index in [1.165, 1.54) is 0 Å². The molecule has 7 heteroatoms. The van der Waals surface area contributed by atoms with Crippen molar-refractivity contribution >= 4 is 17.5 Å². The molecular weight excluding hydrogens is 246 g/mol. The molecule has 0 fully saturated rings. The van der Waals surface area contributed by atoms with Crippen molar-refractivity contribution < 1.29 is 9.32 Å². The number of carbonyl (C=O) groups is 1. The SMILES string of the molecule is Cc1cc(Nc2ccc(C(=O)NC(C)C)nn2)no1. The standard InChI is InChI=1S/C12H15N5O2/c1-7(2)13-12(18)9-4-5-10(16-15-9)14-11-6-8(3)19-17-11/h4-7H,1-3H3,(H,13,18)(H,14,16,17). The van der Waals surface area contributed by atoms with Crippen LogP contribution in [0.2, 0.25) is 0 Å². The zero-order valence-corrected chi connectivity index (χ0v) is 11.0. The van der Waals surface area contributed by atoms with Gasteiger partial charge in [-0.1, -0.05) is 5.16 Å². The Kier molecular flexibility index (Phi) is 3.74. The molecule has 19 heavy (non-hydrogen) atoms. The van der Waals surface area contributed by atoms with Crippen LogP contribution in [0.15, 0.2) is 22.7 Å². The predicted octanol–water partition coefficient (Wildman–Crippen LogP) is 1.65. The van der Waals surface area contributed by atoms with Crippen LogP contribution in [0.5, 0.6) is 0 Å². The predicted molar refractivity (Wildman–Crippen MR) is 69.2 cm³/mol. The molecular formula is C12H15N5O2. The number of hydrogen-bond donors (Lipinski definition) is 2.